The molecule has 9 rings (SSSR count). The molecule has 0 saturated carbocycles. The van der Waals surface area contributed by atoms with Gasteiger partial charge in [0.25, 0.3) is 0 Å². The van der Waals surface area contributed by atoms with E-state index < -0.39 is 0 Å². The molecule has 4 heteroatoms. The first-order valence-corrected chi connectivity index (χ1v) is 15.7. The molecule has 0 bridgehead atoms. The second kappa shape index (κ2) is 11.2. The Balaban J connectivity index is 1.31. The summed E-state index contributed by atoms with van der Waals surface area (Å²) in [4.78, 5) is 15.4. The van der Waals surface area contributed by atoms with E-state index in [9.17, 15) is 0 Å². The molecule has 0 aliphatic heterocycles. The highest BCUT2D eigenvalue weighted by Gasteiger charge is 2.19. The normalized spacial score (nSPS) is 11.4. The van der Waals surface area contributed by atoms with Crippen LogP contribution in [-0.2, 0) is 0 Å². The minimum Gasteiger partial charge on any atom is -0.455 e. The molecular formula is C43H27N3O. The smallest absolute Gasteiger partial charge is 0.164 e. The van der Waals surface area contributed by atoms with Gasteiger partial charge in [0.1, 0.15) is 11.2 Å². The Morgan fingerprint density at radius 3 is 1.60 bits per heavy atom. The summed E-state index contributed by atoms with van der Waals surface area (Å²) in [5.41, 5.74) is 8.87. The number of hydrogen-bond donors (Lipinski definition) is 0. The van der Waals surface area contributed by atoms with Gasteiger partial charge >= 0.3 is 0 Å². The molecule has 4 nitrogen and oxygen atoms in total. The lowest BCUT2D eigenvalue weighted by molar-refractivity contribution is 0.672. The zero-order valence-corrected chi connectivity index (χ0v) is 25.3. The van der Waals surface area contributed by atoms with Gasteiger partial charge in [0, 0.05) is 32.8 Å². The topological polar surface area (TPSA) is 51.8 Å². The van der Waals surface area contributed by atoms with E-state index in [1.54, 1.807) is 0 Å². The molecule has 0 spiro atoms. The molecule has 2 aromatic heterocycles. The van der Waals surface area contributed by atoms with Crippen LogP contribution in [0, 0.1) is 0 Å². The van der Waals surface area contributed by atoms with Gasteiger partial charge < -0.3 is 4.42 Å². The molecule has 0 atom stereocenters. The molecule has 0 unspecified atom stereocenters. The Bertz CT molecular complexity index is 2500. The van der Waals surface area contributed by atoms with Crippen LogP contribution in [0.3, 0.4) is 0 Å². The van der Waals surface area contributed by atoms with E-state index in [1.165, 1.54) is 0 Å². The van der Waals surface area contributed by atoms with E-state index in [0.29, 0.717) is 17.5 Å². The van der Waals surface area contributed by atoms with Crippen molar-refractivity contribution in [2.45, 2.75) is 0 Å². The van der Waals surface area contributed by atoms with Gasteiger partial charge in [-0.25, -0.2) is 15.0 Å². The molecular weight excluding hydrogens is 574 g/mol. The Hall–Kier alpha value is -6.39. The van der Waals surface area contributed by atoms with E-state index >= 15 is 0 Å². The predicted octanol–water partition coefficient (Wildman–Crippen LogP) is 11.3. The van der Waals surface area contributed by atoms with E-state index in [2.05, 4.69) is 103 Å². The van der Waals surface area contributed by atoms with Crippen molar-refractivity contribution in [3.05, 3.63) is 164 Å². The fourth-order valence-electron chi connectivity index (χ4n) is 6.43. The van der Waals surface area contributed by atoms with Crippen LogP contribution in [0.5, 0.6) is 0 Å². The molecule has 0 fully saturated rings. The number of nitrogens with zero attached hydrogens (tertiary/aromatic N) is 3. The first-order chi connectivity index (χ1) is 23.3. The van der Waals surface area contributed by atoms with Crippen LogP contribution in [0.4, 0.5) is 0 Å². The highest BCUT2D eigenvalue weighted by molar-refractivity contribution is 6.18. The summed E-state index contributed by atoms with van der Waals surface area (Å²) in [5, 5.41) is 4.25. The van der Waals surface area contributed by atoms with Gasteiger partial charge in [-0.15, -0.1) is 0 Å². The average Bonchev–Trinajstić information content (AvgIpc) is 3.55. The summed E-state index contributed by atoms with van der Waals surface area (Å²) in [6.07, 6.45) is 0. The van der Waals surface area contributed by atoms with Gasteiger partial charge in [0.15, 0.2) is 17.5 Å². The van der Waals surface area contributed by atoms with Crippen molar-refractivity contribution >= 4 is 32.7 Å². The van der Waals surface area contributed by atoms with E-state index in [4.69, 9.17) is 19.4 Å². The fourth-order valence-corrected chi connectivity index (χ4v) is 6.43. The van der Waals surface area contributed by atoms with Gasteiger partial charge in [-0.3, -0.25) is 0 Å². The number of furan rings is 1. The van der Waals surface area contributed by atoms with Crippen molar-refractivity contribution in [3.8, 4) is 56.4 Å². The van der Waals surface area contributed by atoms with Crippen molar-refractivity contribution in [2.24, 2.45) is 0 Å². The lowest BCUT2D eigenvalue weighted by atomic mass is 9.96. The maximum absolute atomic E-state index is 6.52. The number of hydrogen-bond acceptors (Lipinski definition) is 4. The molecule has 2 heterocycles. The van der Waals surface area contributed by atoms with Crippen LogP contribution in [0.2, 0.25) is 0 Å². The lowest BCUT2D eigenvalue weighted by Crippen LogP contribution is -2.01. The molecule has 47 heavy (non-hydrogen) atoms. The van der Waals surface area contributed by atoms with Crippen molar-refractivity contribution in [2.75, 3.05) is 0 Å². The highest BCUT2D eigenvalue weighted by atomic mass is 16.3. The first kappa shape index (κ1) is 27.0. The largest absolute Gasteiger partial charge is 0.455 e. The maximum atomic E-state index is 6.52. The number of aromatic nitrogens is 3. The summed E-state index contributed by atoms with van der Waals surface area (Å²) in [7, 11) is 0. The summed E-state index contributed by atoms with van der Waals surface area (Å²) in [5.74, 6) is 1.83. The summed E-state index contributed by atoms with van der Waals surface area (Å²) in [6.45, 7) is 0. The molecule has 0 saturated heterocycles. The SMILES string of the molecule is c1ccc(-c2cc(-c3ccccc3)cc(-c3nc(-c4ccccc4)nc(-c4cccc5oc6c7ccccc7ccc6c45)n3)c2)cc1. The summed E-state index contributed by atoms with van der Waals surface area (Å²) in [6, 6.07) is 56.3. The zero-order valence-electron chi connectivity index (χ0n) is 25.3. The molecule has 0 radical (unpaired) electrons. The number of rotatable bonds is 5. The van der Waals surface area contributed by atoms with Crippen LogP contribution in [0.1, 0.15) is 0 Å². The minimum absolute atomic E-state index is 0.599. The molecule has 0 aliphatic carbocycles. The third-order valence-corrected chi connectivity index (χ3v) is 8.70. The van der Waals surface area contributed by atoms with Crippen LogP contribution in [-0.4, -0.2) is 15.0 Å². The Morgan fingerprint density at radius 2 is 0.915 bits per heavy atom. The molecule has 220 valence electrons. The van der Waals surface area contributed by atoms with Crippen LogP contribution in [0.25, 0.3) is 89.1 Å². The Labute approximate surface area is 271 Å². The first-order valence-electron chi connectivity index (χ1n) is 15.7. The summed E-state index contributed by atoms with van der Waals surface area (Å²) >= 11 is 0. The van der Waals surface area contributed by atoms with Crippen molar-refractivity contribution in [3.63, 3.8) is 0 Å². The highest BCUT2D eigenvalue weighted by Crippen LogP contribution is 2.40. The quantitative estimate of drug-likeness (QED) is 0.197. The Kier molecular flexibility index (Phi) is 6.43. The standard InChI is InChI=1S/C43H27N3O/c1-4-13-28(14-5-1)32-25-33(29-15-6-2-7-16-29)27-34(26-32)42-44-41(31-18-8-3-9-19-31)45-43(46-42)37-21-12-22-38-39(37)36-24-23-30-17-10-11-20-35(30)40(36)47-38/h1-27H. The molecule has 0 N–H and O–H groups in total. The third kappa shape index (κ3) is 4.84. The van der Waals surface area contributed by atoms with Gasteiger partial charge in [-0.2, -0.15) is 0 Å². The lowest BCUT2D eigenvalue weighted by Gasteiger charge is -2.13. The second-order valence-corrected chi connectivity index (χ2v) is 11.6. The average molecular weight is 602 g/mol. The predicted molar refractivity (Wildman–Crippen MR) is 192 cm³/mol. The molecule has 0 aliphatic rings. The van der Waals surface area contributed by atoms with E-state index in [0.717, 1.165) is 71.7 Å². The maximum Gasteiger partial charge on any atom is 0.164 e. The van der Waals surface area contributed by atoms with E-state index in [1.807, 2.05) is 60.7 Å². The van der Waals surface area contributed by atoms with Crippen LogP contribution >= 0.6 is 0 Å². The van der Waals surface area contributed by atoms with Gasteiger partial charge in [0.05, 0.1) is 0 Å². The van der Waals surface area contributed by atoms with Crippen LogP contribution in [0.15, 0.2) is 168 Å². The van der Waals surface area contributed by atoms with Crippen molar-refractivity contribution in [1.82, 2.24) is 15.0 Å². The fraction of sp³-hybridized carbons (Fsp3) is 0. The molecule has 7 aromatic carbocycles. The van der Waals surface area contributed by atoms with E-state index in [-0.39, 0.29) is 0 Å². The zero-order chi connectivity index (χ0) is 31.2. The van der Waals surface area contributed by atoms with Crippen molar-refractivity contribution < 1.29 is 4.42 Å². The number of benzene rings is 7. The van der Waals surface area contributed by atoms with Crippen molar-refractivity contribution in [1.29, 1.82) is 0 Å². The number of fused-ring (bicyclic) bond motifs is 5. The van der Waals surface area contributed by atoms with Crippen LogP contribution < -0.4 is 0 Å². The molecule has 0 amide bonds. The second-order valence-electron chi connectivity index (χ2n) is 11.6. The van der Waals surface area contributed by atoms with Gasteiger partial charge in [-0.1, -0.05) is 133 Å². The minimum atomic E-state index is 0.599. The third-order valence-electron chi connectivity index (χ3n) is 8.70. The monoisotopic (exact) mass is 601 g/mol. The van der Waals surface area contributed by atoms with Gasteiger partial charge in [-0.05, 0) is 58.0 Å². The Morgan fingerprint density at radius 1 is 0.362 bits per heavy atom. The van der Waals surface area contributed by atoms with Gasteiger partial charge in [0.2, 0.25) is 0 Å². The summed E-state index contributed by atoms with van der Waals surface area (Å²) < 4.78 is 6.52. The molecule has 9 aromatic rings.